The zero-order valence-electron chi connectivity index (χ0n) is 36.1. The maximum atomic E-state index is 12.7. The van der Waals surface area contributed by atoms with Crippen LogP contribution < -0.4 is 0 Å². The van der Waals surface area contributed by atoms with E-state index < -0.39 is 32.5 Å². The second-order valence-electron chi connectivity index (χ2n) is 15.2. The Morgan fingerprint density at radius 3 is 1.72 bits per heavy atom. The van der Waals surface area contributed by atoms with Crippen molar-refractivity contribution in [2.45, 2.75) is 148 Å². The predicted molar refractivity (Wildman–Crippen MR) is 235 cm³/mol. The minimum Gasteiger partial charge on any atom is -0.462 e. The highest BCUT2D eigenvalue weighted by atomic mass is 31.2. The molecule has 0 spiro atoms. The Hall–Kier alpha value is -2.85. The van der Waals surface area contributed by atoms with E-state index in [2.05, 4.69) is 86.8 Å². The van der Waals surface area contributed by atoms with Crippen molar-refractivity contribution in [3.63, 3.8) is 0 Å². The van der Waals surface area contributed by atoms with Crippen LogP contribution in [0.25, 0.3) is 0 Å². The Labute approximate surface area is 346 Å². The van der Waals surface area contributed by atoms with E-state index in [9.17, 15) is 24.2 Å². The average molecular weight is 821 g/mol. The maximum Gasteiger partial charge on any atom is 0.472 e. The van der Waals surface area contributed by atoms with Crippen molar-refractivity contribution >= 4 is 19.8 Å². The van der Waals surface area contributed by atoms with Gasteiger partial charge < -0.3 is 24.0 Å². The first-order chi connectivity index (χ1) is 27.4. The molecule has 0 aromatic carbocycles. The van der Waals surface area contributed by atoms with Crippen LogP contribution in [0.4, 0.5) is 0 Å². The third-order valence-electron chi connectivity index (χ3n) is 8.47. The summed E-state index contributed by atoms with van der Waals surface area (Å²) in [5.74, 6) is -0.915. The smallest absolute Gasteiger partial charge is 0.462 e. The summed E-state index contributed by atoms with van der Waals surface area (Å²) >= 11 is 0. The summed E-state index contributed by atoms with van der Waals surface area (Å²) in [7, 11) is 1.40. The van der Waals surface area contributed by atoms with Crippen LogP contribution in [-0.4, -0.2) is 86.1 Å². The predicted octanol–water partition coefficient (Wildman–Crippen LogP) is 11.0. The molecule has 0 aliphatic carbocycles. The molecular weight excluding hydrogens is 741 g/mol. The number of esters is 2. The van der Waals surface area contributed by atoms with E-state index in [-0.39, 0.29) is 32.2 Å². The van der Waals surface area contributed by atoms with Crippen molar-refractivity contribution in [1.29, 1.82) is 0 Å². The minimum absolute atomic E-state index is 0.00848. The van der Waals surface area contributed by atoms with Gasteiger partial charge in [-0.3, -0.25) is 18.6 Å². The molecule has 2 N–H and O–H groups in total. The fourth-order valence-electron chi connectivity index (χ4n) is 5.15. The largest absolute Gasteiger partial charge is 0.472 e. The highest BCUT2D eigenvalue weighted by molar-refractivity contribution is 7.47. The summed E-state index contributed by atoms with van der Waals surface area (Å²) in [6.07, 6.45) is 44.1. The van der Waals surface area contributed by atoms with Gasteiger partial charge in [0.2, 0.25) is 0 Å². The molecular formula is C46H79NO9P+. The van der Waals surface area contributed by atoms with Crippen molar-refractivity contribution in [1.82, 2.24) is 0 Å². The third-order valence-corrected chi connectivity index (χ3v) is 9.45. The van der Waals surface area contributed by atoms with Gasteiger partial charge in [-0.05, 0) is 83.5 Å². The molecule has 0 aliphatic heterocycles. The Morgan fingerprint density at radius 2 is 1.14 bits per heavy atom. The van der Waals surface area contributed by atoms with E-state index >= 15 is 0 Å². The third kappa shape index (κ3) is 41.1. The Morgan fingerprint density at radius 1 is 0.632 bits per heavy atom. The molecule has 0 saturated carbocycles. The lowest BCUT2D eigenvalue weighted by Gasteiger charge is -2.24. The van der Waals surface area contributed by atoms with Gasteiger partial charge in [-0.1, -0.05) is 125 Å². The van der Waals surface area contributed by atoms with Crippen molar-refractivity contribution in [2.24, 2.45) is 0 Å². The first-order valence-electron chi connectivity index (χ1n) is 21.4. The van der Waals surface area contributed by atoms with Crippen molar-refractivity contribution in [2.75, 3.05) is 47.5 Å². The van der Waals surface area contributed by atoms with Gasteiger partial charge in [0.25, 0.3) is 0 Å². The second kappa shape index (κ2) is 37.4. The zero-order chi connectivity index (χ0) is 42.3. The number of carbonyl (C=O) groups excluding carboxylic acids is 2. The van der Waals surface area contributed by atoms with Crippen LogP contribution in [-0.2, 0) is 32.7 Å². The molecule has 0 heterocycles. The SMILES string of the molecule is CC/C=C\C/C=C\C/C=C\CCCCCCCC(=O)O[C@H](COC(=O)CCC/C=C\C/C=C\C/C=C\C/C=C\CC(O)CCC)COP(=O)(O)OCC[N+](C)(C)C. The van der Waals surface area contributed by atoms with Crippen molar-refractivity contribution < 1.29 is 47.2 Å². The number of rotatable bonds is 37. The van der Waals surface area contributed by atoms with Crippen LogP contribution in [0.15, 0.2) is 85.1 Å². The van der Waals surface area contributed by atoms with E-state index in [0.29, 0.717) is 36.7 Å². The van der Waals surface area contributed by atoms with E-state index in [1.165, 1.54) is 0 Å². The highest BCUT2D eigenvalue weighted by Gasteiger charge is 2.27. The van der Waals surface area contributed by atoms with Gasteiger partial charge in [0.1, 0.15) is 19.8 Å². The molecule has 0 rings (SSSR count). The second-order valence-corrected chi connectivity index (χ2v) is 16.6. The van der Waals surface area contributed by atoms with E-state index in [0.717, 1.165) is 83.5 Å². The first kappa shape index (κ1) is 54.2. The number of aliphatic hydroxyl groups is 1. The Kier molecular flexibility index (Phi) is 35.6. The van der Waals surface area contributed by atoms with Crippen LogP contribution in [0.5, 0.6) is 0 Å². The number of phosphoric acid groups is 1. The molecule has 10 nitrogen and oxygen atoms in total. The van der Waals surface area contributed by atoms with Gasteiger partial charge in [0.15, 0.2) is 6.10 Å². The Balaban J connectivity index is 4.53. The molecule has 11 heteroatoms. The number of nitrogens with zero attached hydrogens (tertiary/aromatic N) is 1. The lowest BCUT2D eigenvalue weighted by molar-refractivity contribution is -0.870. The minimum atomic E-state index is -4.40. The van der Waals surface area contributed by atoms with Gasteiger partial charge in [-0.2, -0.15) is 0 Å². The van der Waals surface area contributed by atoms with E-state index in [1.54, 1.807) is 0 Å². The molecule has 0 bridgehead atoms. The quantitative estimate of drug-likeness (QED) is 0.0207. The number of aliphatic hydroxyl groups excluding tert-OH is 1. The van der Waals surface area contributed by atoms with Crippen LogP contribution in [0.3, 0.4) is 0 Å². The van der Waals surface area contributed by atoms with Crippen molar-refractivity contribution in [3.8, 4) is 0 Å². The van der Waals surface area contributed by atoms with Gasteiger partial charge in [-0.25, -0.2) is 4.57 Å². The molecule has 2 unspecified atom stereocenters. The maximum absolute atomic E-state index is 12.7. The van der Waals surface area contributed by atoms with E-state index in [4.69, 9.17) is 18.5 Å². The average Bonchev–Trinajstić information content (AvgIpc) is 3.15. The van der Waals surface area contributed by atoms with Crippen LogP contribution >= 0.6 is 7.82 Å². The van der Waals surface area contributed by atoms with Crippen LogP contribution in [0.2, 0.25) is 0 Å². The van der Waals surface area contributed by atoms with Gasteiger partial charge >= 0.3 is 19.8 Å². The molecule has 0 saturated heterocycles. The lowest BCUT2D eigenvalue weighted by atomic mass is 10.1. The number of likely N-dealkylation sites (N-methyl/N-ethyl adjacent to an activating group) is 1. The molecule has 3 atom stereocenters. The number of carbonyl (C=O) groups is 2. The van der Waals surface area contributed by atoms with Gasteiger partial charge in [0, 0.05) is 12.8 Å². The summed E-state index contributed by atoms with van der Waals surface area (Å²) < 4.78 is 34.2. The number of allylic oxidation sites excluding steroid dienone is 13. The topological polar surface area (TPSA) is 129 Å². The molecule has 0 aliphatic rings. The molecule has 0 fully saturated rings. The highest BCUT2D eigenvalue weighted by Crippen LogP contribution is 2.43. The summed E-state index contributed by atoms with van der Waals surface area (Å²) in [5.41, 5.74) is 0. The number of phosphoric ester groups is 1. The molecule has 57 heavy (non-hydrogen) atoms. The summed E-state index contributed by atoms with van der Waals surface area (Å²) in [6, 6.07) is 0. The monoisotopic (exact) mass is 821 g/mol. The van der Waals surface area contributed by atoms with Crippen LogP contribution in [0, 0.1) is 0 Å². The van der Waals surface area contributed by atoms with Crippen LogP contribution in [0.1, 0.15) is 136 Å². The number of unbranched alkanes of at least 4 members (excludes halogenated alkanes) is 6. The molecule has 0 aromatic rings. The van der Waals surface area contributed by atoms with Gasteiger partial charge in [0.05, 0.1) is 33.9 Å². The molecule has 0 radical (unpaired) electrons. The van der Waals surface area contributed by atoms with E-state index in [1.807, 2.05) is 33.3 Å². The summed E-state index contributed by atoms with van der Waals surface area (Å²) in [4.78, 5) is 35.3. The first-order valence-corrected chi connectivity index (χ1v) is 22.9. The lowest BCUT2D eigenvalue weighted by Crippen LogP contribution is -2.37. The Bertz CT molecular complexity index is 1260. The molecule has 0 aromatic heterocycles. The number of quaternary nitrogens is 1. The normalized spacial score (nSPS) is 15.0. The summed E-state index contributed by atoms with van der Waals surface area (Å²) in [5, 5.41) is 9.73. The van der Waals surface area contributed by atoms with Gasteiger partial charge in [-0.15, -0.1) is 0 Å². The number of ether oxygens (including phenoxy) is 2. The van der Waals surface area contributed by atoms with Crippen molar-refractivity contribution in [3.05, 3.63) is 85.1 Å². The standard InChI is InChI=1S/C46H78NO9P/c1-6-8-9-10-11-12-13-14-15-18-22-25-28-31-34-38-46(50)56-44(42-55-57(51,52)54-40-39-47(3,4)5)41-53-45(49)37-33-30-27-24-21-19-16-17-20-23-26-29-32-36-43(48)35-7-2/h8-9,11-12,14-16,19-20,23-24,27,29,32,43-44,48H,6-7,10,13,17-18,21-22,25-26,28,30-31,33-42H2,1-5H3/p+1/b9-8-,12-11-,15-14-,19-16-,23-20-,27-24-,32-29-/t43?,44-/m1/s1. The summed E-state index contributed by atoms with van der Waals surface area (Å²) in [6.45, 7) is 3.98. The molecule has 0 amide bonds. The molecule has 326 valence electrons. The number of hydrogen-bond donors (Lipinski definition) is 2. The fraction of sp³-hybridized carbons (Fsp3) is 0.652. The number of hydrogen-bond acceptors (Lipinski definition) is 8. The zero-order valence-corrected chi connectivity index (χ0v) is 37.0. The fourth-order valence-corrected chi connectivity index (χ4v) is 5.89.